The van der Waals surface area contributed by atoms with Crippen LogP contribution in [0.5, 0.6) is 0 Å². The van der Waals surface area contributed by atoms with Gasteiger partial charge in [-0.15, -0.1) is 0 Å². The Bertz CT molecular complexity index is 363. The molecular formula is C15H25N. The number of hydrogen-bond donors (Lipinski definition) is 1. The van der Waals surface area contributed by atoms with Crippen molar-refractivity contribution < 1.29 is 0 Å². The van der Waals surface area contributed by atoms with Crippen LogP contribution in [0.15, 0.2) is 24.3 Å². The molecule has 1 unspecified atom stereocenters. The van der Waals surface area contributed by atoms with E-state index in [2.05, 4.69) is 52.0 Å². The molecule has 0 spiro atoms. The lowest BCUT2D eigenvalue weighted by Gasteiger charge is -2.38. The summed E-state index contributed by atoms with van der Waals surface area (Å²) in [5.74, 6) is 0. The number of rotatable bonds is 0. The van der Waals surface area contributed by atoms with Crippen LogP contribution in [0.4, 0.5) is 0 Å². The van der Waals surface area contributed by atoms with E-state index in [4.69, 9.17) is 5.73 Å². The van der Waals surface area contributed by atoms with Gasteiger partial charge >= 0.3 is 0 Å². The second kappa shape index (κ2) is 4.21. The molecule has 0 bridgehead atoms. The number of benzene rings is 1. The second-order valence-electron chi connectivity index (χ2n) is 5.41. The zero-order valence-corrected chi connectivity index (χ0v) is 11.5. The predicted octanol–water partition coefficient (Wildman–Crippen LogP) is 4.03. The molecular weight excluding hydrogens is 194 g/mol. The zero-order chi connectivity index (χ0) is 12.6. The highest BCUT2D eigenvalue weighted by Crippen LogP contribution is 2.55. The van der Waals surface area contributed by atoms with E-state index in [0.717, 1.165) is 0 Å². The second-order valence-corrected chi connectivity index (χ2v) is 5.41. The predicted molar refractivity (Wildman–Crippen MR) is 71.5 cm³/mol. The summed E-state index contributed by atoms with van der Waals surface area (Å²) < 4.78 is 0. The van der Waals surface area contributed by atoms with E-state index >= 15 is 0 Å². The van der Waals surface area contributed by atoms with E-state index in [9.17, 15) is 0 Å². The van der Waals surface area contributed by atoms with Gasteiger partial charge in [0.25, 0.3) is 0 Å². The van der Waals surface area contributed by atoms with Gasteiger partial charge in [0.1, 0.15) is 0 Å². The highest BCUT2D eigenvalue weighted by Gasteiger charge is 2.50. The fraction of sp³-hybridized carbons (Fsp3) is 0.600. The Hall–Kier alpha value is -0.820. The molecule has 0 aromatic heterocycles. The van der Waals surface area contributed by atoms with Gasteiger partial charge in [0.15, 0.2) is 0 Å². The van der Waals surface area contributed by atoms with Gasteiger partial charge in [0.05, 0.1) is 0 Å². The third-order valence-corrected chi connectivity index (χ3v) is 4.36. The average Bonchev–Trinajstić information content (AvgIpc) is 2.42. The molecule has 2 rings (SSSR count). The van der Waals surface area contributed by atoms with Gasteiger partial charge in [-0.3, -0.25) is 0 Å². The Morgan fingerprint density at radius 2 is 1.50 bits per heavy atom. The number of fused-ring (bicyclic) bond motifs is 1. The minimum Gasteiger partial charge on any atom is -0.323 e. The van der Waals surface area contributed by atoms with E-state index in [-0.39, 0.29) is 16.9 Å². The van der Waals surface area contributed by atoms with E-state index < -0.39 is 0 Å². The maximum absolute atomic E-state index is 6.30. The van der Waals surface area contributed by atoms with Crippen LogP contribution in [0.25, 0.3) is 0 Å². The first kappa shape index (κ1) is 13.2. The van der Waals surface area contributed by atoms with Crippen molar-refractivity contribution in [3.63, 3.8) is 0 Å². The van der Waals surface area contributed by atoms with Crippen LogP contribution < -0.4 is 5.73 Å². The van der Waals surface area contributed by atoms with Crippen LogP contribution in [0.1, 0.15) is 58.7 Å². The van der Waals surface area contributed by atoms with Gasteiger partial charge in [0, 0.05) is 6.04 Å². The number of nitrogens with two attached hydrogens (primary N) is 1. The standard InChI is InChI=1S/C13H19N.C2H6/c1-12(2)10-8-6-5-7-9(10)11(14)13(12,3)4;1-2/h5-8,11H,14H2,1-4H3;1-2H3. The van der Waals surface area contributed by atoms with Crippen LogP contribution >= 0.6 is 0 Å². The van der Waals surface area contributed by atoms with Crippen LogP contribution in [0.3, 0.4) is 0 Å². The monoisotopic (exact) mass is 219 g/mol. The van der Waals surface area contributed by atoms with Gasteiger partial charge < -0.3 is 5.73 Å². The molecule has 0 heterocycles. The van der Waals surface area contributed by atoms with Crippen molar-refractivity contribution in [1.82, 2.24) is 0 Å². The molecule has 0 amide bonds. The van der Waals surface area contributed by atoms with E-state index in [1.165, 1.54) is 11.1 Å². The minimum absolute atomic E-state index is 0.136. The third kappa shape index (κ3) is 1.58. The van der Waals surface area contributed by atoms with Crippen molar-refractivity contribution in [1.29, 1.82) is 0 Å². The SMILES string of the molecule is CC.CC1(C)c2ccccc2C(N)C1(C)C. The minimum atomic E-state index is 0.136. The molecule has 16 heavy (non-hydrogen) atoms. The third-order valence-electron chi connectivity index (χ3n) is 4.36. The summed E-state index contributed by atoms with van der Waals surface area (Å²) in [6, 6.07) is 8.72. The van der Waals surface area contributed by atoms with Gasteiger partial charge in [-0.05, 0) is 22.0 Å². The Labute approximate surface area is 100 Å². The lowest BCUT2D eigenvalue weighted by Crippen LogP contribution is -2.37. The summed E-state index contributed by atoms with van der Waals surface area (Å²) in [6.07, 6.45) is 0. The van der Waals surface area contributed by atoms with Crippen LogP contribution in [0.2, 0.25) is 0 Å². The smallest absolute Gasteiger partial charge is 0.0358 e. The topological polar surface area (TPSA) is 26.0 Å². The Morgan fingerprint density at radius 3 is 2.00 bits per heavy atom. The molecule has 0 saturated carbocycles. The van der Waals surface area contributed by atoms with Crippen molar-refractivity contribution in [3.05, 3.63) is 35.4 Å². The lowest BCUT2D eigenvalue weighted by molar-refractivity contribution is 0.184. The first-order chi connectivity index (χ1) is 7.39. The fourth-order valence-corrected chi connectivity index (χ4v) is 2.46. The molecule has 0 aliphatic heterocycles. The van der Waals surface area contributed by atoms with E-state index in [0.29, 0.717) is 0 Å². The first-order valence-electron chi connectivity index (χ1n) is 6.24. The Morgan fingerprint density at radius 1 is 1.00 bits per heavy atom. The molecule has 90 valence electrons. The van der Waals surface area contributed by atoms with E-state index in [1.54, 1.807) is 0 Å². The molecule has 2 N–H and O–H groups in total. The summed E-state index contributed by atoms with van der Waals surface area (Å²) >= 11 is 0. The zero-order valence-electron chi connectivity index (χ0n) is 11.5. The maximum atomic E-state index is 6.30. The number of hydrogen-bond acceptors (Lipinski definition) is 1. The Balaban J connectivity index is 0.000000606. The van der Waals surface area contributed by atoms with Crippen LogP contribution in [-0.4, -0.2) is 0 Å². The summed E-state index contributed by atoms with van der Waals surface area (Å²) in [5, 5.41) is 0. The van der Waals surface area contributed by atoms with Crippen molar-refractivity contribution in [2.75, 3.05) is 0 Å². The van der Waals surface area contributed by atoms with Gasteiger partial charge in [-0.1, -0.05) is 65.8 Å². The molecule has 0 saturated heterocycles. The van der Waals surface area contributed by atoms with Crippen molar-refractivity contribution in [2.24, 2.45) is 11.1 Å². The molecule has 0 fully saturated rings. The molecule has 1 nitrogen and oxygen atoms in total. The summed E-state index contributed by atoms with van der Waals surface area (Å²) in [7, 11) is 0. The van der Waals surface area contributed by atoms with Gasteiger partial charge in [-0.2, -0.15) is 0 Å². The lowest BCUT2D eigenvalue weighted by atomic mass is 9.67. The summed E-state index contributed by atoms with van der Waals surface area (Å²) in [6.45, 7) is 13.1. The maximum Gasteiger partial charge on any atom is 0.0358 e. The molecule has 1 aromatic carbocycles. The Kier molecular flexibility index (Phi) is 3.49. The fourth-order valence-electron chi connectivity index (χ4n) is 2.46. The van der Waals surface area contributed by atoms with Gasteiger partial charge in [0.2, 0.25) is 0 Å². The summed E-state index contributed by atoms with van der Waals surface area (Å²) in [4.78, 5) is 0. The first-order valence-corrected chi connectivity index (χ1v) is 6.24. The normalized spacial score (nSPS) is 24.3. The molecule has 1 aromatic rings. The van der Waals surface area contributed by atoms with Gasteiger partial charge in [-0.25, -0.2) is 0 Å². The van der Waals surface area contributed by atoms with Crippen LogP contribution in [-0.2, 0) is 5.41 Å². The quantitative estimate of drug-likeness (QED) is 0.700. The molecule has 1 heteroatoms. The van der Waals surface area contributed by atoms with Crippen LogP contribution in [0, 0.1) is 5.41 Å². The van der Waals surface area contributed by atoms with Crippen molar-refractivity contribution in [3.8, 4) is 0 Å². The largest absolute Gasteiger partial charge is 0.323 e. The van der Waals surface area contributed by atoms with E-state index in [1.807, 2.05) is 13.8 Å². The molecule has 0 radical (unpaired) electrons. The molecule has 1 aliphatic rings. The van der Waals surface area contributed by atoms with Crippen molar-refractivity contribution >= 4 is 0 Å². The molecule has 1 aliphatic carbocycles. The molecule has 1 atom stereocenters. The highest BCUT2D eigenvalue weighted by molar-refractivity contribution is 5.44. The summed E-state index contributed by atoms with van der Waals surface area (Å²) in [5.41, 5.74) is 9.34. The van der Waals surface area contributed by atoms with Crippen molar-refractivity contribution in [2.45, 2.75) is 53.0 Å². The highest BCUT2D eigenvalue weighted by atomic mass is 14.7. The average molecular weight is 219 g/mol.